The lowest BCUT2D eigenvalue weighted by Gasteiger charge is -2.42. The van der Waals surface area contributed by atoms with Gasteiger partial charge in [-0.3, -0.25) is 9.59 Å². The van der Waals surface area contributed by atoms with Crippen LogP contribution in [0, 0.1) is 5.92 Å². The first-order chi connectivity index (χ1) is 25.2. The molecule has 52 heavy (non-hydrogen) atoms. The smallest absolute Gasteiger partial charge is 0.415 e. The quantitative estimate of drug-likeness (QED) is 0.202. The number of ether oxygens (including phenoxy) is 2. The predicted molar refractivity (Wildman–Crippen MR) is 203 cm³/mol. The van der Waals surface area contributed by atoms with Gasteiger partial charge in [0.1, 0.15) is 11.8 Å². The predicted octanol–water partition coefficient (Wildman–Crippen LogP) is 5.49. The van der Waals surface area contributed by atoms with Crippen LogP contribution in [0.4, 0.5) is 4.79 Å². The maximum Gasteiger partial charge on any atom is 0.415 e. The van der Waals surface area contributed by atoms with Crippen molar-refractivity contribution in [2.75, 3.05) is 26.7 Å². The van der Waals surface area contributed by atoms with Crippen LogP contribution in [0.3, 0.4) is 0 Å². The standard InChI is InChI=1S/C40H53ClN6O5/c1-51-36-22-27(11-12-29(36)23-42)24-44-38(48)34-25-46(40(50)52-35-18-13-28-9-5-6-10-32(28)37(35)41)19-20-47(34)39(49)33(21-26-7-3-2-4-8-26)45-31-16-14-30(43)15-17-31/h5-6,9-13,18,22,26,30-31,33-34,45H,2-4,7-8,14-17,19-21,23-25,42-43H2,1H3,(H,44,48)/t30?,31?,33-,34+/m1/s1. The van der Waals surface area contributed by atoms with Crippen molar-refractivity contribution in [2.24, 2.45) is 17.4 Å². The molecule has 3 fully saturated rings. The molecule has 6 N–H and O–H groups in total. The molecule has 280 valence electrons. The molecular weight excluding hydrogens is 680 g/mol. The lowest BCUT2D eigenvalue weighted by molar-refractivity contribution is -0.145. The third-order valence-electron chi connectivity index (χ3n) is 11.1. The van der Waals surface area contributed by atoms with E-state index in [1.54, 1.807) is 18.1 Å². The van der Waals surface area contributed by atoms with Crippen molar-refractivity contribution < 1.29 is 23.9 Å². The van der Waals surface area contributed by atoms with E-state index in [2.05, 4.69) is 10.6 Å². The van der Waals surface area contributed by atoms with Gasteiger partial charge in [-0.1, -0.05) is 86.2 Å². The van der Waals surface area contributed by atoms with Crippen LogP contribution in [-0.2, 0) is 22.7 Å². The van der Waals surface area contributed by atoms with E-state index in [9.17, 15) is 14.4 Å². The number of nitrogens with one attached hydrogen (secondary N) is 2. The maximum atomic E-state index is 14.7. The Hall–Kier alpha value is -3.90. The molecule has 1 saturated heterocycles. The molecule has 11 nitrogen and oxygen atoms in total. The molecular formula is C40H53ClN6O5. The average molecular weight is 733 g/mol. The number of amides is 3. The number of rotatable bonds is 11. The van der Waals surface area contributed by atoms with Crippen LogP contribution in [-0.4, -0.2) is 78.6 Å². The zero-order valence-corrected chi connectivity index (χ0v) is 30.9. The lowest BCUT2D eigenvalue weighted by Crippen LogP contribution is -2.65. The van der Waals surface area contributed by atoms with Gasteiger partial charge >= 0.3 is 6.09 Å². The number of methoxy groups -OCH3 is 1. The van der Waals surface area contributed by atoms with Crippen LogP contribution < -0.4 is 31.6 Å². The summed E-state index contributed by atoms with van der Waals surface area (Å²) in [6, 6.07) is 15.8. The summed E-state index contributed by atoms with van der Waals surface area (Å²) in [5.41, 5.74) is 13.8. The first kappa shape index (κ1) is 37.8. The third kappa shape index (κ3) is 9.17. The number of carbonyl (C=O) groups is 3. The molecule has 1 heterocycles. The number of hydrogen-bond acceptors (Lipinski definition) is 8. The summed E-state index contributed by atoms with van der Waals surface area (Å²) in [7, 11) is 1.58. The normalized spacial score (nSPS) is 21.8. The Morgan fingerprint density at radius 3 is 2.46 bits per heavy atom. The average Bonchev–Trinajstić information content (AvgIpc) is 3.18. The summed E-state index contributed by atoms with van der Waals surface area (Å²) >= 11 is 6.67. The molecule has 2 atom stereocenters. The minimum Gasteiger partial charge on any atom is -0.496 e. The molecule has 0 aromatic heterocycles. The molecule has 3 aromatic rings. The number of benzene rings is 3. The highest BCUT2D eigenvalue weighted by molar-refractivity contribution is 6.37. The summed E-state index contributed by atoms with van der Waals surface area (Å²) < 4.78 is 11.3. The second-order valence-corrected chi connectivity index (χ2v) is 15.0. The Kier molecular flexibility index (Phi) is 12.9. The fourth-order valence-electron chi connectivity index (χ4n) is 8.03. The molecule has 2 aliphatic carbocycles. The fraction of sp³-hybridized carbons (Fsp3) is 0.525. The van der Waals surface area contributed by atoms with Crippen molar-refractivity contribution in [1.29, 1.82) is 0 Å². The first-order valence-electron chi connectivity index (χ1n) is 18.8. The van der Waals surface area contributed by atoms with E-state index in [0.717, 1.165) is 66.8 Å². The van der Waals surface area contributed by atoms with Crippen LogP contribution in [0.15, 0.2) is 54.6 Å². The van der Waals surface area contributed by atoms with E-state index in [0.29, 0.717) is 23.2 Å². The van der Waals surface area contributed by atoms with Gasteiger partial charge in [-0.25, -0.2) is 4.79 Å². The molecule has 3 aliphatic rings. The van der Waals surface area contributed by atoms with E-state index in [1.165, 1.54) is 24.2 Å². The van der Waals surface area contributed by atoms with E-state index in [-0.39, 0.29) is 55.8 Å². The Bertz CT molecular complexity index is 1710. The summed E-state index contributed by atoms with van der Waals surface area (Å²) in [6.07, 6.45) is 9.58. The third-order valence-corrected chi connectivity index (χ3v) is 11.5. The Balaban J connectivity index is 1.22. The highest BCUT2D eigenvalue weighted by Crippen LogP contribution is 2.34. The van der Waals surface area contributed by atoms with Crippen LogP contribution in [0.5, 0.6) is 11.5 Å². The summed E-state index contributed by atoms with van der Waals surface area (Å²) in [6.45, 7) is 0.920. The number of hydrogen-bond donors (Lipinski definition) is 4. The zero-order chi connectivity index (χ0) is 36.6. The highest BCUT2D eigenvalue weighted by atomic mass is 35.5. The van der Waals surface area contributed by atoms with Crippen molar-refractivity contribution in [1.82, 2.24) is 20.4 Å². The molecule has 2 saturated carbocycles. The molecule has 0 bridgehead atoms. The van der Waals surface area contributed by atoms with Crippen LogP contribution >= 0.6 is 11.6 Å². The molecule has 12 heteroatoms. The molecule has 3 aromatic carbocycles. The number of fused-ring (bicyclic) bond motifs is 1. The topological polar surface area (TPSA) is 152 Å². The van der Waals surface area contributed by atoms with Gasteiger partial charge < -0.3 is 41.4 Å². The van der Waals surface area contributed by atoms with Crippen molar-refractivity contribution in [2.45, 2.75) is 101 Å². The Morgan fingerprint density at radius 1 is 0.942 bits per heavy atom. The summed E-state index contributed by atoms with van der Waals surface area (Å²) in [5.74, 6) is 0.883. The number of nitrogens with two attached hydrogens (primary N) is 2. The second-order valence-electron chi connectivity index (χ2n) is 14.6. The Labute approximate surface area is 311 Å². The van der Waals surface area contributed by atoms with Gasteiger partial charge in [-0.2, -0.15) is 0 Å². The minimum absolute atomic E-state index is 0.0224. The van der Waals surface area contributed by atoms with Crippen molar-refractivity contribution >= 4 is 40.3 Å². The van der Waals surface area contributed by atoms with E-state index in [4.69, 9.17) is 32.5 Å². The summed E-state index contributed by atoms with van der Waals surface area (Å²) in [4.78, 5) is 45.6. The van der Waals surface area contributed by atoms with Crippen molar-refractivity contribution in [3.05, 3.63) is 70.7 Å². The maximum absolute atomic E-state index is 14.7. The molecule has 3 amide bonds. The SMILES string of the molecule is COc1cc(CNC(=O)[C@@H]2CN(C(=O)Oc3ccc4ccccc4c3Cl)CCN2C(=O)[C@@H](CC2CCCCC2)NC2CCC(N)CC2)ccc1CN. The lowest BCUT2D eigenvalue weighted by atomic mass is 9.83. The van der Waals surface area contributed by atoms with E-state index in [1.807, 2.05) is 48.5 Å². The van der Waals surface area contributed by atoms with Gasteiger partial charge in [0.25, 0.3) is 0 Å². The monoisotopic (exact) mass is 732 g/mol. The van der Waals surface area contributed by atoms with Gasteiger partial charge in [0.2, 0.25) is 11.8 Å². The van der Waals surface area contributed by atoms with Gasteiger partial charge in [0, 0.05) is 49.2 Å². The first-order valence-corrected chi connectivity index (χ1v) is 19.2. The van der Waals surface area contributed by atoms with Gasteiger partial charge in [0.15, 0.2) is 5.75 Å². The van der Waals surface area contributed by atoms with E-state index >= 15 is 0 Å². The highest BCUT2D eigenvalue weighted by Gasteiger charge is 2.41. The fourth-order valence-corrected chi connectivity index (χ4v) is 8.30. The van der Waals surface area contributed by atoms with Gasteiger partial charge in [0.05, 0.1) is 24.7 Å². The molecule has 0 radical (unpaired) electrons. The van der Waals surface area contributed by atoms with Crippen LogP contribution in [0.1, 0.15) is 75.3 Å². The van der Waals surface area contributed by atoms with Crippen LogP contribution in [0.2, 0.25) is 5.02 Å². The number of nitrogens with zero attached hydrogens (tertiary/aromatic N) is 2. The largest absolute Gasteiger partial charge is 0.496 e. The van der Waals surface area contributed by atoms with Gasteiger partial charge in [-0.05, 0) is 61.1 Å². The number of piperazine rings is 1. The van der Waals surface area contributed by atoms with Crippen LogP contribution in [0.25, 0.3) is 10.8 Å². The van der Waals surface area contributed by atoms with E-state index < -0.39 is 18.2 Å². The van der Waals surface area contributed by atoms with Crippen molar-refractivity contribution in [3.8, 4) is 11.5 Å². The molecule has 1 aliphatic heterocycles. The molecule has 6 rings (SSSR count). The summed E-state index contributed by atoms with van der Waals surface area (Å²) in [5, 5.41) is 8.80. The second kappa shape index (κ2) is 17.7. The minimum atomic E-state index is -0.929. The number of carbonyl (C=O) groups excluding carboxylic acids is 3. The Morgan fingerprint density at radius 2 is 1.71 bits per heavy atom. The molecule has 0 spiro atoms. The number of halogens is 1. The zero-order valence-electron chi connectivity index (χ0n) is 30.2. The van der Waals surface area contributed by atoms with Gasteiger partial charge in [-0.15, -0.1) is 0 Å². The molecule has 0 unspecified atom stereocenters. The van der Waals surface area contributed by atoms with Crippen molar-refractivity contribution in [3.63, 3.8) is 0 Å².